The molecule has 146 valence electrons. The predicted molar refractivity (Wildman–Crippen MR) is 115 cm³/mol. The van der Waals surface area contributed by atoms with E-state index in [9.17, 15) is 5.11 Å². The Kier molecular flexibility index (Phi) is 6.37. The van der Waals surface area contributed by atoms with E-state index in [1.165, 1.54) is 93.7 Å². The third kappa shape index (κ3) is 4.50. The molecule has 0 aliphatic heterocycles. The number of rotatable bonds is 3. The minimum absolute atomic E-state index is 0.339. The summed E-state index contributed by atoms with van der Waals surface area (Å²) in [5, 5.41) is 11.3. The largest absolute Gasteiger partial charge is 0.507 e. The molecule has 1 N–H and O–H groups in total. The number of allylic oxidation sites excluding steroid dienone is 4. The highest BCUT2D eigenvalue weighted by Crippen LogP contribution is 2.45. The number of benzene rings is 1. The van der Waals surface area contributed by atoms with Gasteiger partial charge in [-0.2, -0.15) is 0 Å². The molecule has 0 heterocycles. The standard InChI is InChI=1S/C26H36O/c27-26-24(21-14-8-4-9-15-21)18-23(20-12-6-2-1-3-7-13-20)19-25(26)22-16-10-5-11-17-22/h4,8-9,14,18-22,27H,1-3,5-7,10-13,15-17H2. The van der Waals surface area contributed by atoms with Crippen molar-refractivity contribution < 1.29 is 5.11 Å². The second-order valence-corrected chi connectivity index (χ2v) is 9.08. The minimum atomic E-state index is 0.339. The maximum absolute atomic E-state index is 11.3. The molecule has 1 nitrogen and oxygen atoms in total. The lowest BCUT2D eigenvalue weighted by Crippen LogP contribution is -2.10. The van der Waals surface area contributed by atoms with Crippen LogP contribution in [0, 0.1) is 0 Å². The second kappa shape index (κ2) is 9.13. The van der Waals surface area contributed by atoms with Crippen molar-refractivity contribution in [3.05, 3.63) is 53.1 Å². The number of aromatic hydroxyl groups is 1. The molecule has 2 fully saturated rings. The molecule has 0 amide bonds. The Morgan fingerprint density at radius 2 is 1.26 bits per heavy atom. The van der Waals surface area contributed by atoms with E-state index in [2.05, 4.69) is 36.4 Å². The van der Waals surface area contributed by atoms with Crippen LogP contribution in [0.25, 0.3) is 0 Å². The monoisotopic (exact) mass is 364 g/mol. The third-order valence-electron chi connectivity index (χ3n) is 7.19. The molecule has 2 saturated carbocycles. The zero-order chi connectivity index (χ0) is 18.5. The van der Waals surface area contributed by atoms with Crippen LogP contribution >= 0.6 is 0 Å². The quantitative estimate of drug-likeness (QED) is 0.578. The van der Waals surface area contributed by atoms with Crippen LogP contribution in [-0.4, -0.2) is 5.11 Å². The van der Waals surface area contributed by atoms with Crippen LogP contribution < -0.4 is 0 Å². The SMILES string of the molecule is Oc1c(C2C=CC=CC2)cc(C2CCCCCCC2)cc1C1CCCCC1. The highest BCUT2D eigenvalue weighted by molar-refractivity contribution is 5.50. The van der Waals surface area contributed by atoms with Gasteiger partial charge in [-0.3, -0.25) is 0 Å². The van der Waals surface area contributed by atoms with Crippen molar-refractivity contribution in [3.8, 4) is 5.75 Å². The molecule has 0 radical (unpaired) electrons. The fourth-order valence-corrected chi connectivity index (χ4v) is 5.55. The van der Waals surface area contributed by atoms with E-state index in [0.29, 0.717) is 23.5 Å². The normalized spacial score (nSPS) is 25.3. The van der Waals surface area contributed by atoms with Crippen LogP contribution in [-0.2, 0) is 0 Å². The molecule has 1 unspecified atom stereocenters. The molecular weight excluding hydrogens is 328 g/mol. The molecule has 0 aromatic heterocycles. The molecule has 3 aliphatic rings. The lowest BCUT2D eigenvalue weighted by Gasteiger charge is -2.28. The Labute approximate surface area is 165 Å². The van der Waals surface area contributed by atoms with Crippen LogP contribution in [0.3, 0.4) is 0 Å². The lowest BCUT2D eigenvalue weighted by atomic mass is 9.77. The molecular formula is C26H36O. The van der Waals surface area contributed by atoms with Gasteiger partial charge >= 0.3 is 0 Å². The van der Waals surface area contributed by atoms with Crippen molar-refractivity contribution in [3.63, 3.8) is 0 Å². The van der Waals surface area contributed by atoms with Gasteiger partial charge in [0.1, 0.15) is 5.75 Å². The Balaban J connectivity index is 1.70. The molecule has 27 heavy (non-hydrogen) atoms. The summed E-state index contributed by atoms with van der Waals surface area (Å²) in [6.45, 7) is 0. The van der Waals surface area contributed by atoms with Gasteiger partial charge in [0, 0.05) is 11.5 Å². The first kappa shape index (κ1) is 18.8. The average molecular weight is 365 g/mol. The summed E-state index contributed by atoms with van der Waals surface area (Å²) in [6.07, 6.45) is 25.9. The average Bonchev–Trinajstić information content (AvgIpc) is 2.70. The molecule has 3 aliphatic carbocycles. The summed E-state index contributed by atoms with van der Waals surface area (Å²) in [6, 6.07) is 4.80. The van der Waals surface area contributed by atoms with Crippen LogP contribution in [0.2, 0.25) is 0 Å². The third-order valence-corrected chi connectivity index (χ3v) is 7.19. The van der Waals surface area contributed by atoms with E-state index < -0.39 is 0 Å². The fourth-order valence-electron chi connectivity index (χ4n) is 5.55. The van der Waals surface area contributed by atoms with E-state index in [-0.39, 0.29) is 0 Å². The van der Waals surface area contributed by atoms with Crippen molar-refractivity contribution in [2.45, 2.75) is 101 Å². The van der Waals surface area contributed by atoms with Crippen LogP contribution in [0.15, 0.2) is 36.4 Å². The van der Waals surface area contributed by atoms with Gasteiger partial charge in [0.05, 0.1) is 0 Å². The molecule has 0 bridgehead atoms. The number of phenols is 1. The number of hydrogen-bond acceptors (Lipinski definition) is 1. The summed E-state index contributed by atoms with van der Waals surface area (Å²) in [5.74, 6) is 2.21. The van der Waals surface area contributed by atoms with E-state index in [4.69, 9.17) is 0 Å². The summed E-state index contributed by atoms with van der Waals surface area (Å²) in [5.41, 5.74) is 3.98. The second-order valence-electron chi connectivity index (χ2n) is 9.08. The topological polar surface area (TPSA) is 20.2 Å². The number of hydrogen-bond donors (Lipinski definition) is 1. The van der Waals surface area contributed by atoms with Crippen molar-refractivity contribution >= 4 is 0 Å². The summed E-state index contributed by atoms with van der Waals surface area (Å²) >= 11 is 0. The van der Waals surface area contributed by atoms with Crippen LogP contribution in [0.1, 0.15) is 118 Å². The molecule has 1 atom stereocenters. The van der Waals surface area contributed by atoms with E-state index in [1.807, 2.05) is 0 Å². The van der Waals surface area contributed by atoms with E-state index in [0.717, 1.165) is 6.42 Å². The lowest BCUT2D eigenvalue weighted by molar-refractivity contribution is 0.407. The van der Waals surface area contributed by atoms with Gasteiger partial charge in [-0.1, -0.05) is 87.8 Å². The smallest absolute Gasteiger partial charge is 0.122 e. The maximum Gasteiger partial charge on any atom is 0.122 e. The first-order valence-corrected chi connectivity index (χ1v) is 11.5. The molecule has 1 heteroatoms. The van der Waals surface area contributed by atoms with Gasteiger partial charge in [-0.15, -0.1) is 0 Å². The zero-order valence-electron chi connectivity index (χ0n) is 16.8. The van der Waals surface area contributed by atoms with Gasteiger partial charge in [-0.05, 0) is 55.1 Å². The minimum Gasteiger partial charge on any atom is -0.507 e. The predicted octanol–water partition coefficient (Wildman–Crippen LogP) is 7.87. The van der Waals surface area contributed by atoms with E-state index >= 15 is 0 Å². The first-order chi connectivity index (χ1) is 13.3. The molecule has 1 aromatic carbocycles. The highest BCUT2D eigenvalue weighted by Gasteiger charge is 2.25. The molecule has 1 aromatic rings. The van der Waals surface area contributed by atoms with Gasteiger partial charge in [0.15, 0.2) is 0 Å². The Hall–Kier alpha value is -1.50. The van der Waals surface area contributed by atoms with Gasteiger partial charge in [0.25, 0.3) is 0 Å². The molecule has 4 rings (SSSR count). The van der Waals surface area contributed by atoms with Crippen molar-refractivity contribution in [1.82, 2.24) is 0 Å². The Morgan fingerprint density at radius 3 is 1.93 bits per heavy atom. The molecule has 0 spiro atoms. The fraction of sp³-hybridized carbons (Fsp3) is 0.615. The van der Waals surface area contributed by atoms with Gasteiger partial charge in [0.2, 0.25) is 0 Å². The zero-order valence-corrected chi connectivity index (χ0v) is 16.8. The highest BCUT2D eigenvalue weighted by atomic mass is 16.3. The Morgan fingerprint density at radius 1 is 0.667 bits per heavy atom. The summed E-state index contributed by atoms with van der Waals surface area (Å²) in [7, 11) is 0. The first-order valence-electron chi connectivity index (χ1n) is 11.5. The number of phenolic OH excluding ortho intramolecular Hbond substituents is 1. The van der Waals surface area contributed by atoms with Gasteiger partial charge < -0.3 is 5.11 Å². The van der Waals surface area contributed by atoms with Crippen molar-refractivity contribution in [1.29, 1.82) is 0 Å². The van der Waals surface area contributed by atoms with Crippen LogP contribution in [0.5, 0.6) is 5.75 Å². The Bertz CT molecular complexity index is 670. The summed E-state index contributed by atoms with van der Waals surface area (Å²) < 4.78 is 0. The van der Waals surface area contributed by atoms with E-state index in [1.54, 1.807) is 0 Å². The van der Waals surface area contributed by atoms with Gasteiger partial charge in [-0.25, -0.2) is 0 Å². The maximum atomic E-state index is 11.3. The van der Waals surface area contributed by atoms with Crippen molar-refractivity contribution in [2.24, 2.45) is 0 Å². The molecule has 0 saturated heterocycles. The van der Waals surface area contributed by atoms with Crippen LogP contribution in [0.4, 0.5) is 0 Å². The van der Waals surface area contributed by atoms with Crippen molar-refractivity contribution in [2.75, 3.05) is 0 Å². The summed E-state index contributed by atoms with van der Waals surface area (Å²) in [4.78, 5) is 0.